The van der Waals surface area contributed by atoms with Gasteiger partial charge in [0.1, 0.15) is 0 Å². The average molecular weight is 267 g/mol. The van der Waals surface area contributed by atoms with Gasteiger partial charge in [-0.3, -0.25) is 4.79 Å². The molecule has 0 aliphatic carbocycles. The van der Waals surface area contributed by atoms with E-state index in [0.29, 0.717) is 35.5 Å². The van der Waals surface area contributed by atoms with E-state index in [9.17, 15) is 4.79 Å². The van der Waals surface area contributed by atoms with Crippen molar-refractivity contribution < 1.29 is 9.53 Å². The van der Waals surface area contributed by atoms with Crippen molar-refractivity contribution in [2.45, 2.75) is 5.16 Å². The Morgan fingerprint density at radius 3 is 3.06 bits per heavy atom. The summed E-state index contributed by atoms with van der Waals surface area (Å²) >= 11 is 1.41. The van der Waals surface area contributed by atoms with Crippen LogP contribution in [0.3, 0.4) is 0 Å². The number of nitrogens with zero attached hydrogens (tertiary/aromatic N) is 4. The first-order chi connectivity index (χ1) is 8.80. The Kier molecular flexibility index (Phi) is 4.11. The van der Waals surface area contributed by atoms with Crippen molar-refractivity contribution in [3.63, 3.8) is 0 Å². The fraction of sp³-hybridized carbons (Fsp3) is 0.400. The highest BCUT2D eigenvalue weighted by molar-refractivity contribution is 7.98. The quantitative estimate of drug-likeness (QED) is 0.469. The van der Waals surface area contributed by atoms with E-state index in [4.69, 9.17) is 4.74 Å². The number of hydrogen-bond acceptors (Lipinski definition) is 7. The Labute approximate surface area is 108 Å². The number of fused-ring (bicyclic) bond motifs is 1. The predicted octanol–water partition coefficient (Wildman–Crippen LogP) is 0.717. The summed E-state index contributed by atoms with van der Waals surface area (Å²) in [6.45, 7) is 1.16. The average Bonchev–Trinajstić information content (AvgIpc) is 2.81. The molecule has 18 heavy (non-hydrogen) atoms. The van der Waals surface area contributed by atoms with Gasteiger partial charge in [-0.2, -0.15) is 14.6 Å². The van der Waals surface area contributed by atoms with E-state index in [-0.39, 0.29) is 0 Å². The SMILES string of the molecule is COCCNc1nc(SC)nc2c(C=O)cnn12. The van der Waals surface area contributed by atoms with Crippen molar-refractivity contribution in [2.24, 2.45) is 0 Å². The molecule has 7 nitrogen and oxygen atoms in total. The van der Waals surface area contributed by atoms with Crippen LogP contribution in [0.4, 0.5) is 5.95 Å². The van der Waals surface area contributed by atoms with Gasteiger partial charge in [0.05, 0.1) is 18.4 Å². The fourth-order valence-electron chi connectivity index (χ4n) is 1.43. The van der Waals surface area contributed by atoms with E-state index in [1.807, 2.05) is 6.26 Å². The molecule has 0 atom stereocenters. The van der Waals surface area contributed by atoms with E-state index in [1.165, 1.54) is 22.5 Å². The molecule has 2 rings (SSSR count). The third-order valence-corrected chi connectivity index (χ3v) is 2.82. The molecule has 0 saturated heterocycles. The van der Waals surface area contributed by atoms with Gasteiger partial charge in [-0.05, 0) is 6.26 Å². The normalized spacial score (nSPS) is 10.8. The van der Waals surface area contributed by atoms with Crippen LogP contribution in [0, 0.1) is 0 Å². The number of aldehydes is 1. The molecule has 0 fully saturated rings. The Bertz CT molecular complexity index is 556. The van der Waals surface area contributed by atoms with Gasteiger partial charge in [0, 0.05) is 13.7 Å². The Morgan fingerprint density at radius 2 is 2.39 bits per heavy atom. The second kappa shape index (κ2) is 5.78. The van der Waals surface area contributed by atoms with Crippen molar-refractivity contribution >= 4 is 29.6 Å². The summed E-state index contributed by atoms with van der Waals surface area (Å²) in [6.07, 6.45) is 4.09. The molecule has 2 aromatic heterocycles. The Hall–Kier alpha value is -1.67. The molecule has 2 heterocycles. The summed E-state index contributed by atoms with van der Waals surface area (Å²) in [5.41, 5.74) is 0.951. The first kappa shape index (κ1) is 12.8. The maximum absolute atomic E-state index is 10.9. The topological polar surface area (TPSA) is 81.4 Å². The third kappa shape index (κ3) is 2.44. The van der Waals surface area contributed by atoms with Crippen molar-refractivity contribution in [3.8, 4) is 0 Å². The summed E-state index contributed by atoms with van der Waals surface area (Å²) in [7, 11) is 1.63. The highest BCUT2D eigenvalue weighted by atomic mass is 32.2. The van der Waals surface area contributed by atoms with Crippen LogP contribution in [0.15, 0.2) is 11.4 Å². The zero-order valence-electron chi connectivity index (χ0n) is 10.1. The van der Waals surface area contributed by atoms with Gasteiger partial charge in [0.15, 0.2) is 17.1 Å². The van der Waals surface area contributed by atoms with Crippen LogP contribution in [0.1, 0.15) is 10.4 Å². The highest BCUT2D eigenvalue weighted by Crippen LogP contribution is 2.16. The largest absolute Gasteiger partial charge is 0.383 e. The molecule has 0 radical (unpaired) electrons. The summed E-state index contributed by atoms with van der Waals surface area (Å²) in [6, 6.07) is 0. The first-order valence-corrected chi connectivity index (χ1v) is 6.50. The van der Waals surface area contributed by atoms with E-state index in [1.54, 1.807) is 7.11 Å². The molecule has 2 aromatic rings. The molecule has 0 spiro atoms. The number of anilines is 1. The van der Waals surface area contributed by atoms with Gasteiger partial charge in [-0.25, -0.2) is 4.98 Å². The van der Waals surface area contributed by atoms with Crippen LogP contribution >= 0.6 is 11.8 Å². The van der Waals surface area contributed by atoms with Crippen molar-refractivity contribution in [1.29, 1.82) is 0 Å². The minimum atomic E-state index is 0.447. The Balaban J connectivity index is 2.42. The standard InChI is InChI=1S/C10H13N5O2S/c1-17-4-3-11-9-14-10(18-2)13-8-7(6-16)5-12-15(8)9/h5-6H,3-4H2,1-2H3,(H,11,13,14). The smallest absolute Gasteiger partial charge is 0.228 e. The molecule has 0 aromatic carbocycles. The van der Waals surface area contributed by atoms with Gasteiger partial charge in [0.2, 0.25) is 5.95 Å². The lowest BCUT2D eigenvalue weighted by atomic mass is 10.4. The monoisotopic (exact) mass is 267 g/mol. The second-order valence-electron chi connectivity index (χ2n) is 3.41. The van der Waals surface area contributed by atoms with Gasteiger partial charge in [0.25, 0.3) is 0 Å². The van der Waals surface area contributed by atoms with Crippen molar-refractivity contribution in [2.75, 3.05) is 31.8 Å². The molecule has 0 aliphatic heterocycles. The molecule has 0 aliphatic rings. The van der Waals surface area contributed by atoms with Crippen LogP contribution in [0.5, 0.6) is 0 Å². The molecule has 0 saturated carbocycles. The van der Waals surface area contributed by atoms with Gasteiger partial charge < -0.3 is 10.1 Å². The number of ether oxygens (including phenoxy) is 1. The zero-order valence-corrected chi connectivity index (χ0v) is 10.9. The van der Waals surface area contributed by atoms with Crippen LogP contribution < -0.4 is 5.32 Å². The van der Waals surface area contributed by atoms with Crippen LogP contribution in [0.2, 0.25) is 0 Å². The van der Waals surface area contributed by atoms with Crippen LogP contribution in [0.25, 0.3) is 5.65 Å². The molecular formula is C10H13N5O2S. The predicted molar refractivity (Wildman–Crippen MR) is 68.3 cm³/mol. The lowest BCUT2D eigenvalue weighted by Gasteiger charge is -2.07. The Morgan fingerprint density at radius 1 is 1.56 bits per heavy atom. The number of aromatic nitrogens is 4. The minimum Gasteiger partial charge on any atom is -0.383 e. The lowest BCUT2D eigenvalue weighted by molar-refractivity contribution is 0.112. The molecular weight excluding hydrogens is 254 g/mol. The third-order valence-electron chi connectivity index (χ3n) is 2.27. The number of carbonyl (C=O) groups excluding carboxylic acids is 1. The molecule has 0 amide bonds. The summed E-state index contributed by atoms with van der Waals surface area (Å²) in [5, 5.41) is 7.78. The summed E-state index contributed by atoms with van der Waals surface area (Å²) in [4.78, 5) is 19.5. The van der Waals surface area contributed by atoms with Crippen LogP contribution in [-0.4, -0.2) is 52.4 Å². The fourth-order valence-corrected chi connectivity index (χ4v) is 1.78. The van der Waals surface area contributed by atoms with Gasteiger partial charge in [-0.15, -0.1) is 0 Å². The zero-order chi connectivity index (χ0) is 13.0. The van der Waals surface area contributed by atoms with Crippen molar-refractivity contribution in [1.82, 2.24) is 19.6 Å². The van der Waals surface area contributed by atoms with E-state index in [2.05, 4.69) is 20.4 Å². The van der Waals surface area contributed by atoms with Crippen molar-refractivity contribution in [3.05, 3.63) is 11.8 Å². The van der Waals surface area contributed by atoms with Crippen LogP contribution in [-0.2, 0) is 4.74 Å². The van der Waals surface area contributed by atoms with E-state index < -0.39 is 0 Å². The summed E-state index contributed by atoms with van der Waals surface area (Å²) in [5.74, 6) is 0.550. The second-order valence-corrected chi connectivity index (χ2v) is 4.18. The molecule has 0 unspecified atom stereocenters. The number of rotatable bonds is 6. The summed E-state index contributed by atoms with van der Waals surface area (Å²) < 4.78 is 6.47. The maximum Gasteiger partial charge on any atom is 0.228 e. The van der Waals surface area contributed by atoms with E-state index in [0.717, 1.165) is 6.29 Å². The number of nitrogens with one attached hydrogen (secondary N) is 1. The number of hydrogen-bond donors (Lipinski definition) is 1. The lowest BCUT2D eigenvalue weighted by Crippen LogP contribution is -2.13. The van der Waals surface area contributed by atoms with Gasteiger partial charge >= 0.3 is 0 Å². The van der Waals surface area contributed by atoms with E-state index >= 15 is 0 Å². The molecule has 96 valence electrons. The highest BCUT2D eigenvalue weighted by Gasteiger charge is 2.11. The number of carbonyl (C=O) groups is 1. The first-order valence-electron chi connectivity index (χ1n) is 5.28. The maximum atomic E-state index is 10.9. The molecule has 8 heteroatoms. The molecule has 1 N–H and O–H groups in total. The minimum absolute atomic E-state index is 0.447. The molecule has 0 bridgehead atoms. The number of methoxy groups -OCH3 is 1. The van der Waals surface area contributed by atoms with Gasteiger partial charge in [-0.1, -0.05) is 11.8 Å². The number of thioether (sulfide) groups is 1.